The van der Waals surface area contributed by atoms with E-state index in [0.29, 0.717) is 17.5 Å². The molecule has 0 fully saturated rings. The van der Waals surface area contributed by atoms with Crippen molar-refractivity contribution in [3.63, 3.8) is 0 Å². The van der Waals surface area contributed by atoms with Crippen molar-refractivity contribution in [1.82, 2.24) is 19.9 Å². The fraction of sp³-hybridized carbons (Fsp3) is 0. The molecular weight excluding hydrogens is 649 g/mol. The van der Waals surface area contributed by atoms with Gasteiger partial charge in [0.25, 0.3) is 0 Å². The summed E-state index contributed by atoms with van der Waals surface area (Å²) in [5.74, 6) is 1.94. The summed E-state index contributed by atoms with van der Waals surface area (Å²) in [6.45, 7) is 0. The summed E-state index contributed by atoms with van der Waals surface area (Å²) in [5, 5.41) is 5.69. The Morgan fingerprint density at radius 3 is 1.68 bits per heavy atom. The molecule has 0 unspecified atom stereocenters. The molecule has 3 heterocycles. The van der Waals surface area contributed by atoms with Gasteiger partial charge in [0.1, 0.15) is 5.01 Å². The lowest BCUT2D eigenvalue weighted by Gasteiger charge is -2.14. The Hall–Kier alpha value is -6.08. The molecule has 0 aliphatic heterocycles. The molecule has 10 aromatic rings. The molecule has 0 bridgehead atoms. The van der Waals surface area contributed by atoms with Gasteiger partial charge in [0, 0.05) is 42.4 Å². The molecule has 4 nitrogen and oxygen atoms in total. The van der Waals surface area contributed by atoms with Crippen LogP contribution in [-0.2, 0) is 0 Å². The number of fused-ring (bicyclic) bond motifs is 5. The van der Waals surface area contributed by atoms with Crippen molar-refractivity contribution in [3.8, 4) is 55.9 Å². The minimum atomic E-state index is 0.645. The molecule has 0 N–H and O–H groups in total. The molecule has 0 amide bonds. The number of rotatable bonds is 5. The maximum Gasteiger partial charge on any atom is 0.164 e. The van der Waals surface area contributed by atoms with Crippen LogP contribution in [0.4, 0.5) is 0 Å². The van der Waals surface area contributed by atoms with Gasteiger partial charge in [-0.25, -0.2) is 19.9 Å². The average molecular weight is 675 g/mol. The Morgan fingerprint density at radius 2 is 0.960 bits per heavy atom. The zero-order valence-corrected chi connectivity index (χ0v) is 28.2. The van der Waals surface area contributed by atoms with Crippen LogP contribution < -0.4 is 0 Å². The molecule has 0 saturated heterocycles. The van der Waals surface area contributed by atoms with E-state index >= 15 is 0 Å². The van der Waals surface area contributed by atoms with Gasteiger partial charge in [0.05, 0.1) is 10.2 Å². The molecule has 0 aliphatic carbocycles. The van der Waals surface area contributed by atoms with E-state index in [1.165, 1.54) is 20.2 Å². The molecule has 10 rings (SSSR count). The molecule has 0 atom stereocenters. The smallest absolute Gasteiger partial charge is 0.164 e. The van der Waals surface area contributed by atoms with Gasteiger partial charge in [-0.05, 0) is 52.2 Å². The van der Waals surface area contributed by atoms with Crippen molar-refractivity contribution >= 4 is 63.8 Å². The van der Waals surface area contributed by atoms with Gasteiger partial charge in [-0.3, -0.25) is 0 Å². The quantitative estimate of drug-likeness (QED) is 0.182. The SMILES string of the molecule is c1ccc(-c2nc(-c3cc4ccccc4cc3-c3ccccc3)nc(-c3cccc4sc5cc6nc(-c7ccccc7)sc6cc5c34)n2)cc1. The summed E-state index contributed by atoms with van der Waals surface area (Å²) in [4.78, 5) is 20.7. The lowest BCUT2D eigenvalue weighted by Crippen LogP contribution is -2.01. The van der Waals surface area contributed by atoms with Crippen molar-refractivity contribution in [2.45, 2.75) is 0 Å². The maximum absolute atomic E-state index is 5.31. The largest absolute Gasteiger partial charge is 0.236 e. The van der Waals surface area contributed by atoms with Crippen molar-refractivity contribution in [2.24, 2.45) is 0 Å². The third-order valence-electron chi connectivity index (χ3n) is 9.15. The van der Waals surface area contributed by atoms with E-state index in [2.05, 4.69) is 127 Å². The predicted molar refractivity (Wildman–Crippen MR) is 211 cm³/mol. The van der Waals surface area contributed by atoms with Crippen molar-refractivity contribution in [2.75, 3.05) is 0 Å². The second-order valence-corrected chi connectivity index (χ2v) is 14.4. The third kappa shape index (κ3) is 4.96. The lowest BCUT2D eigenvalue weighted by atomic mass is 9.95. The molecule has 0 radical (unpaired) electrons. The Labute approximate surface area is 296 Å². The monoisotopic (exact) mass is 674 g/mol. The average Bonchev–Trinajstić information content (AvgIpc) is 3.78. The van der Waals surface area contributed by atoms with Gasteiger partial charge < -0.3 is 0 Å². The van der Waals surface area contributed by atoms with Crippen LogP contribution in [0.15, 0.2) is 158 Å². The molecule has 0 spiro atoms. The number of benzene rings is 7. The molecule has 234 valence electrons. The summed E-state index contributed by atoms with van der Waals surface area (Å²) in [6, 6.07) is 55.0. The summed E-state index contributed by atoms with van der Waals surface area (Å²) >= 11 is 3.52. The fourth-order valence-electron chi connectivity index (χ4n) is 6.75. The first kappa shape index (κ1) is 28.9. The van der Waals surface area contributed by atoms with Gasteiger partial charge in [-0.15, -0.1) is 22.7 Å². The zero-order chi connectivity index (χ0) is 33.0. The van der Waals surface area contributed by atoms with Gasteiger partial charge in [-0.1, -0.05) is 127 Å². The van der Waals surface area contributed by atoms with Crippen LogP contribution in [0.1, 0.15) is 0 Å². The second-order valence-electron chi connectivity index (χ2n) is 12.3. The van der Waals surface area contributed by atoms with E-state index in [4.69, 9.17) is 19.9 Å². The van der Waals surface area contributed by atoms with E-state index in [1.54, 1.807) is 22.7 Å². The van der Waals surface area contributed by atoms with Crippen molar-refractivity contribution < 1.29 is 0 Å². The van der Waals surface area contributed by atoms with Crippen LogP contribution >= 0.6 is 22.7 Å². The van der Waals surface area contributed by atoms with Gasteiger partial charge in [0.15, 0.2) is 17.5 Å². The Balaban J connectivity index is 1.22. The predicted octanol–water partition coefficient (Wildman–Crippen LogP) is 12.3. The summed E-state index contributed by atoms with van der Waals surface area (Å²) in [7, 11) is 0. The van der Waals surface area contributed by atoms with Crippen LogP contribution in [-0.4, -0.2) is 19.9 Å². The third-order valence-corrected chi connectivity index (χ3v) is 11.3. The number of thiophene rings is 1. The summed E-state index contributed by atoms with van der Waals surface area (Å²) < 4.78 is 3.55. The van der Waals surface area contributed by atoms with E-state index in [1.807, 2.05) is 30.3 Å². The summed E-state index contributed by atoms with van der Waals surface area (Å²) in [6.07, 6.45) is 0. The molecule has 3 aromatic heterocycles. The Bertz CT molecular complexity index is 2860. The van der Waals surface area contributed by atoms with Gasteiger partial charge >= 0.3 is 0 Å². The number of aromatic nitrogens is 4. The van der Waals surface area contributed by atoms with Crippen molar-refractivity contribution in [3.05, 3.63) is 158 Å². The minimum Gasteiger partial charge on any atom is -0.236 e. The second kappa shape index (κ2) is 11.8. The first-order valence-electron chi connectivity index (χ1n) is 16.5. The van der Waals surface area contributed by atoms with Crippen molar-refractivity contribution in [1.29, 1.82) is 0 Å². The fourth-order valence-corrected chi connectivity index (χ4v) is 8.89. The molecule has 50 heavy (non-hydrogen) atoms. The highest BCUT2D eigenvalue weighted by Crippen LogP contribution is 2.43. The number of hydrogen-bond acceptors (Lipinski definition) is 6. The number of thiazole rings is 1. The van der Waals surface area contributed by atoms with E-state index in [-0.39, 0.29) is 0 Å². The van der Waals surface area contributed by atoms with Gasteiger partial charge in [-0.2, -0.15) is 0 Å². The first-order valence-corrected chi connectivity index (χ1v) is 18.1. The lowest BCUT2D eigenvalue weighted by molar-refractivity contribution is 1.08. The standard InChI is InChI=1S/C44H26N4S2/c1-4-13-27(14-5-1)33-23-30-19-10-11-20-31(30)24-34(33)43-47-41(28-15-6-2-7-16-28)46-42(48-43)32-21-12-22-37-40(32)35-25-39-36(26-38(35)49-37)45-44(50-39)29-17-8-3-9-18-29/h1-26H. The Morgan fingerprint density at radius 1 is 0.360 bits per heavy atom. The van der Waals surface area contributed by atoms with E-state index < -0.39 is 0 Å². The zero-order valence-electron chi connectivity index (χ0n) is 26.6. The molecule has 6 heteroatoms. The van der Waals surface area contributed by atoms with Crippen LogP contribution in [0.2, 0.25) is 0 Å². The normalized spacial score (nSPS) is 11.6. The topological polar surface area (TPSA) is 51.6 Å². The summed E-state index contributed by atoms with van der Waals surface area (Å²) in [5.41, 5.74) is 7.26. The number of nitrogens with zero attached hydrogens (tertiary/aromatic N) is 4. The van der Waals surface area contributed by atoms with E-state index in [9.17, 15) is 0 Å². The molecule has 7 aromatic carbocycles. The minimum absolute atomic E-state index is 0.645. The highest BCUT2D eigenvalue weighted by molar-refractivity contribution is 7.26. The van der Waals surface area contributed by atoms with Gasteiger partial charge in [0.2, 0.25) is 0 Å². The molecular formula is C44H26N4S2. The van der Waals surface area contributed by atoms with Crippen LogP contribution in [0.3, 0.4) is 0 Å². The Kier molecular flexibility index (Phi) is 6.82. The highest BCUT2D eigenvalue weighted by Gasteiger charge is 2.20. The first-order chi connectivity index (χ1) is 24.7. The molecule has 0 saturated carbocycles. The highest BCUT2D eigenvalue weighted by atomic mass is 32.1. The van der Waals surface area contributed by atoms with Crippen LogP contribution in [0.25, 0.3) is 97.0 Å². The maximum atomic E-state index is 5.31. The van der Waals surface area contributed by atoms with E-state index in [0.717, 1.165) is 59.4 Å². The van der Waals surface area contributed by atoms with Crippen LogP contribution in [0, 0.1) is 0 Å². The molecule has 0 aliphatic rings. The van der Waals surface area contributed by atoms with Crippen LogP contribution in [0.5, 0.6) is 0 Å². The number of hydrogen-bond donors (Lipinski definition) is 0.